The Morgan fingerprint density at radius 2 is 1.81 bits per heavy atom. The lowest BCUT2D eigenvalue weighted by molar-refractivity contribution is -0.143. The molecule has 0 aromatic carbocycles. The third-order valence-electron chi connectivity index (χ3n) is 4.57. The van der Waals surface area contributed by atoms with Crippen LogP contribution in [0, 0.1) is 11.8 Å². The molecule has 2 aliphatic heterocycles. The minimum atomic E-state index is -0.853. The number of carbonyl (C=O) groups is 3. The van der Waals surface area contributed by atoms with Gasteiger partial charge in [-0.2, -0.15) is 0 Å². The van der Waals surface area contributed by atoms with Gasteiger partial charge in [-0.25, -0.2) is 4.79 Å². The van der Waals surface area contributed by atoms with Crippen LogP contribution in [0.25, 0.3) is 0 Å². The Hall–Kier alpha value is -1.79. The number of carboxylic acid groups (broad SMARTS) is 1. The van der Waals surface area contributed by atoms with E-state index >= 15 is 0 Å². The fourth-order valence-corrected chi connectivity index (χ4v) is 3.14. The topological polar surface area (TPSA) is 104 Å². The van der Waals surface area contributed by atoms with E-state index in [1.165, 1.54) is 0 Å². The van der Waals surface area contributed by atoms with Crippen LogP contribution < -0.4 is 5.73 Å². The van der Waals surface area contributed by atoms with E-state index in [1.807, 2.05) is 6.92 Å². The predicted molar refractivity (Wildman–Crippen MR) is 75.4 cm³/mol. The van der Waals surface area contributed by atoms with Gasteiger partial charge in [0, 0.05) is 25.7 Å². The monoisotopic (exact) mass is 297 g/mol. The second kappa shape index (κ2) is 6.32. The van der Waals surface area contributed by atoms with Crippen LogP contribution in [-0.4, -0.2) is 58.5 Å². The molecular formula is C14H23N3O4. The average molecular weight is 297 g/mol. The number of piperidine rings is 2. The first-order valence-electron chi connectivity index (χ1n) is 7.47. The smallest absolute Gasteiger partial charge is 0.320 e. The predicted octanol–water partition coefficient (Wildman–Crippen LogP) is 0.489. The van der Waals surface area contributed by atoms with Crippen molar-refractivity contribution < 1.29 is 19.5 Å². The Morgan fingerprint density at radius 1 is 1.10 bits per heavy atom. The second-order valence-electron chi connectivity index (χ2n) is 6.08. The molecule has 118 valence electrons. The number of carboxylic acids is 1. The maximum absolute atomic E-state index is 12.6. The van der Waals surface area contributed by atoms with Crippen molar-refractivity contribution in [3.8, 4) is 0 Å². The van der Waals surface area contributed by atoms with Crippen LogP contribution >= 0.6 is 0 Å². The number of urea groups is 1. The van der Waals surface area contributed by atoms with Crippen LogP contribution in [-0.2, 0) is 9.59 Å². The van der Waals surface area contributed by atoms with Crippen molar-refractivity contribution in [2.45, 2.75) is 38.6 Å². The maximum Gasteiger partial charge on any atom is 0.320 e. The van der Waals surface area contributed by atoms with Crippen LogP contribution in [0.1, 0.15) is 32.6 Å². The zero-order valence-electron chi connectivity index (χ0n) is 12.3. The van der Waals surface area contributed by atoms with Crippen LogP contribution in [0.15, 0.2) is 0 Å². The van der Waals surface area contributed by atoms with Gasteiger partial charge in [-0.1, -0.05) is 0 Å². The molecule has 0 radical (unpaired) electrons. The van der Waals surface area contributed by atoms with Gasteiger partial charge in [0.1, 0.15) is 0 Å². The molecule has 2 saturated heterocycles. The molecule has 3 N–H and O–H groups in total. The van der Waals surface area contributed by atoms with E-state index in [0.717, 1.165) is 6.42 Å². The Morgan fingerprint density at radius 3 is 2.43 bits per heavy atom. The Kier molecular flexibility index (Phi) is 4.69. The summed E-state index contributed by atoms with van der Waals surface area (Å²) in [5.74, 6) is -2.02. The van der Waals surface area contributed by atoms with E-state index in [-0.39, 0.29) is 30.4 Å². The molecule has 0 spiro atoms. The number of nitrogens with two attached hydrogens (primary N) is 1. The van der Waals surface area contributed by atoms with E-state index < -0.39 is 11.9 Å². The van der Waals surface area contributed by atoms with Gasteiger partial charge in [0.2, 0.25) is 5.91 Å². The molecule has 3 amide bonds. The molecule has 3 atom stereocenters. The Bertz CT molecular complexity index is 440. The van der Waals surface area contributed by atoms with Crippen molar-refractivity contribution in [2.75, 3.05) is 19.6 Å². The van der Waals surface area contributed by atoms with E-state index in [1.54, 1.807) is 9.80 Å². The highest BCUT2D eigenvalue weighted by Crippen LogP contribution is 2.25. The highest BCUT2D eigenvalue weighted by atomic mass is 16.4. The van der Waals surface area contributed by atoms with Crippen molar-refractivity contribution >= 4 is 17.9 Å². The molecule has 0 aromatic heterocycles. The molecule has 0 saturated carbocycles. The number of amides is 3. The first kappa shape index (κ1) is 15.6. The van der Waals surface area contributed by atoms with Crippen molar-refractivity contribution in [3.63, 3.8) is 0 Å². The number of hydrogen-bond donors (Lipinski definition) is 2. The molecule has 21 heavy (non-hydrogen) atoms. The molecule has 0 aliphatic carbocycles. The van der Waals surface area contributed by atoms with Gasteiger partial charge in [-0.15, -0.1) is 0 Å². The van der Waals surface area contributed by atoms with Crippen molar-refractivity contribution in [1.82, 2.24) is 9.80 Å². The van der Waals surface area contributed by atoms with Gasteiger partial charge in [-0.05, 0) is 32.6 Å². The third-order valence-corrected chi connectivity index (χ3v) is 4.57. The van der Waals surface area contributed by atoms with Crippen molar-refractivity contribution in [2.24, 2.45) is 17.6 Å². The zero-order chi connectivity index (χ0) is 15.6. The Labute approximate surface area is 124 Å². The molecule has 2 unspecified atom stereocenters. The summed E-state index contributed by atoms with van der Waals surface area (Å²) in [7, 11) is 0. The largest absolute Gasteiger partial charge is 0.481 e. The summed E-state index contributed by atoms with van der Waals surface area (Å²) in [5.41, 5.74) is 5.35. The third kappa shape index (κ3) is 3.46. The first-order chi connectivity index (χ1) is 9.90. The van der Waals surface area contributed by atoms with Crippen LogP contribution in [0.3, 0.4) is 0 Å². The fourth-order valence-electron chi connectivity index (χ4n) is 3.14. The number of nitrogens with zero attached hydrogens (tertiary/aromatic N) is 2. The molecule has 2 heterocycles. The quantitative estimate of drug-likeness (QED) is 0.774. The van der Waals surface area contributed by atoms with Gasteiger partial charge in [0.25, 0.3) is 0 Å². The van der Waals surface area contributed by atoms with Crippen molar-refractivity contribution in [1.29, 1.82) is 0 Å². The summed E-state index contributed by atoms with van der Waals surface area (Å²) in [5, 5.41) is 9.10. The summed E-state index contributed by atoms with van der Waals surface area (Å²) < 4.78 is 0. The lowest BCUT2D eigenvalue weighted by Crippen LogP contribution is -2.55. The SMILES string of the molecule is CC1CCC(C(N)=O)CN1C(=O)N1CCC[C@@H](C(=O)O)C1. The normalized spacial score (nSPS) is 30.0. The molecule has 7 heteroatoms. The summed E-state index contributed by atoms with van der Waals surface area (Å²) in [4.78, 5) is 38.3. The molecule has 0 bridgehead atoms. The standard InChI is InChI=1S/C14H23N3O4/c1-9-4-5-10(12(15)18)8-17(9)14(21)16-6-2-3-11(7-16)13(19)20/h9-11H,2-8H2,1H3,(H2,15,18)(H,19,20)/t9?,10?,11-/m1/s1. The maximum atomic E-state index is 12.6. The number of rotatable bonds is 2. The summed E-state index contributed by atoms with van der Waals surface area (Å²) in [6.45, 7) is 3.11. The van der Waals surface area contributed by atoms with E-state index in [4.69, 9.17) is 10.8 Å². The molecule has 2 fully saturated rings. The van der Waals surface area contributed by atoms with Gasteiger partial charge in [0.15, 0.2) is 0 Å². The van der Waals surface area contributed by atoms with E-state index in [2.05, 4.69) is 0 Å². The number of hydrogen-bond acceptors (Lipinski definition) is 3. The minimum Gasteiger partial charge on any atom is -0.481 e. The highest BCUT2D eigenvalue weighted by molar-refractivity contribution is 5.80. The number of carbonyl (C=O) groups excluding carboxylic acids is 2. The molecule has 7 nitrogen and oxygen atoms in total. The van der Waals surface area contributed by atoms with Gasteiger partial charge >= 0.3 is 12.0 Å². The number of primary amides is 1. The summed E-state index contributed by atoms with van der Waals surface area (Å²) in [6.07, 6.45) is 2.76. The molecule has 2 rings (SSSR count). The second-order valence-corrected chi connectivity index (χ2v) is 6.08. The van der Waals surface area contributed by atoms with Gasteiger partial charge < -0.3 is 20.6 Å². The number of aliphatic carboxylic acids is 1. The van der Waals surface area contributed by atoms with Crippen molar-refractivity contribution in [3.05, 3.63) is 0 Å². The molecular weight excluding hydrogens is 274 g/mol. The van der Waals surface area contributed by atoms with Gasteiger partial charge in [0.05, 0.1) is 11.8 Å². The Balaban J connectivity index is 2.03. The highest BCUT2D eigenvalue weighted by Gasteiger charge is 2.36. The van der Waals surface area contributed by atoms with Crippen LogP contribution in [0.2, 0.25) is 0 Å². The van der Waals surface area contributed by atoms with Gasteiger partial charge in [-0.3, -0.25) is 9.59 Å². The molecule has 0 aromatic rings. The van der Waals surface area contributed by atoms with Crippen LogP contribution in [0.5, 0.6) is 0 Å². The average Bonchev–Trinajstić information content (AvgIpc) is 2.47. The summed E-state index contributed by atoms with van der Waals surface area (Å²) >= 11 is 0. The van der Waals surface area contributed by atoms with E-state index in [0.29, 0.717) is 32.4 Å². The lowest BCUT2D eigenvalue weighted by atomic mass is 9.93. The summed E-state index contributed by atoms with van der Waals surface area (Å²) in [6, 6.07) is -0.113. The van der Waals surface area contributed by atoms with E-state index in [9.17, 15) is 14.4 Å². The number of likely N-dealkylation sites (tertiary alicyclic amines) is 2. The van der Waals surface area contributed by atoms with Crippen LogP contribution in [0.4, 0.5) is 4.79 Å². The first-order valence-corrected chi connectivity index (χ1v) is 7.47. The minimum absolute atomic E-state index is 0.0540. The lowest BCUT2D eigenvalue weighted by Gasteiger charge is -2.41. The zero-order valence-corrected chi connectivity index (χ0v) is 12.3. The molecule has 2 aliphatic rings. The fraction of sp³-hybridized carbons (Fsp3) is 0.786.